The van der Waals surface area contributed by atoms with Crippen LogP contribution in [0.15, 0.2) is 18.2 Å². The van der Waals surface area contributed by atoms with E-state index in [1.807, 2.05) is 19.1 Å². The molecule has 0 N–H and O–H groups in total. The largest absolute Gasteiger partial charge is 0.489 e. The number of Topliss-reactive ketones (excluding diaryl/α,β-unsaturated/α-hetero) is 1. The van der Waals surface area contributed by atoms with Gasteiger partial charge in [0, 0.05) is 6.42 Å². The van der Waals surface area contributed by atoms with Gasteiger partial charge in [0.05, 0.1) is 5.56 Å². The third-order valence-electron chi connectivity index (χ3n) is 3.83. The summed E-state index contributed by atoms with van der Waals surface area (Å²) in [6, 6.07) is 6.10. The van der Waals surface area contributed by atoms with Crippen LogP contribution in [0.1, 0.15) is 70.3 Å². The molecule has 1 aromatic carbocycles. The van der Waals surface area contributed by atoms with E-state index in [4.69, 9.17) is 4.74 Å². The third kappa shape index (κ3) is 3.23. The Morgan fingerprint density at radius 1 is 1.20 bits per heavy atom. The van der Waals surface area contributed by atoms with Crippen LogP contribution >= 0.6 is 0 Å². The first-order valence-electron chi connectivity index (χ1n) is 7.43. The molecular formula is C18H26O2. The van der Waals surface area contributed by atoms with Gasteiger partial charge in [0.25, 0.3) is 0 Å². The zero-order valence-corrected chi connectivity index (χ0v) is 13.5. The quantitative estimate of drug-likeness (QED) is 0.777. The summed E-state index contributed by atoms with van der Waals surface area (Å²) in [5.41, 5.74) is 2.28. The van der Waals surface area contributed by atoms with Crippen molar-refractivity contribution in [2.45, 2.75) is 65.9 Å². The van der Waals surface area contributed by atoms with Crippen LogP contribution in [0.3, 0.4) is 0 Å². The minimum Gasteiger partial charge on any atom is -0.489 e. The maximum atomic E-state index is 12.2. The Morgan fingerprint density at radius 2 is 1.85 bits per heavy atom. The van der Waals surface area contributed by atoms with Gasteiger partial charge >= 0.3 is 0 Å². The highest BCUT2D eigenvalue weighted by molar-refractivity contribution is 6.00. The van der Waals surface area contributed by atoms with Crippen LogP contribution in [0.2, 0.25) is 0 Å². The molecule has 110 valence electrons. The molecule has 0 spiro atoms. The molecule has 1 aromatic rings. The highest BCUT2D eigenvalue weighted by atomic mass is 16.5. The first-order chi connectivity index (χ1) is 9.08. The summed E-state index contributed by atoms with van der Waals surface area (Å²) < 4.78 is 5.75. The van der Waals surface area contributed by atoms with Crippen LogP contribution in [0, 0.1) is 5.41 Å². The summed E-state index contributed by atoms with van der Waals surface area (Å²) in [4.78, 5) is 12.2. The number of carbonyl (C=O) groups excluding carboxylic acids is 1. The molecule has 20 heavy (non-hydrogen) atoms. The zero-order chi connectivity index (χ0) is 15.1. The van der Waals surface area contributed by atoms with Gasteiger partial charge in [-0.2, -0.15) is 0 Å². The van der Waals surface area contributed by atoms with Crippen molar-refractivity contribution in [2.75, 3.05) is 0 Å². The third-order valence-corrected chi connectivity index (χ3v) is 3.83. The summed E-state index contributed by atoms with van der Waals surface area (Å²) >= 11 is 0. The summed E-state index contributed by atoms with van der Waals surface area (Å²) in [6.45, 7) is 13.2. The van der Waals surface area contributed by atoms with Crippen molar-refractivity contribution in [3.63, 3.8) is 0 Å². The molecular weight excluding hydrogens is 248 g/mol. The molecule has 2 nitrogen and oxygen atoms in total. The Labute approximate surface area is 122 Å². The lowest BCUT2D eigenvalue weighted by Crippen LogP contribution is -2.27. The Hall–Kier alpha value is -1.31. The monoisotopic (exact) mass is 274 g/mol. The van der Waals surface area contributed by atoms with Gasteiger partial charge in [-0.1, -0.05) is 40.7 Å². The van der Waals surface area contributed by atoms with Crippen molar-refractivity contribution in [3.05, 3.63) is 29.3 Å². The van der Waals surface area contributed by atoms with Gasteiger partial charge < -0.3 is 4.74 Å². The number of hydrogen-bond acceptors (Lipinski definition) is 2. The fourth-order valence-electron chi connectivity index (χ4n) is 3.33. The van der Waals surface area contributed by atoms with Crippen LogP contribution < -0.4 is 4.74 Å². The van der Waals surface area contributed by atoms with Crippen LogP contribution in [0.5, 0.6) is 5.75 Å². The van der Waals surface area contributed by atoms with Gasteiger partial charge in [-0.25, -0.2) is 0 Å². The number of benzene rings is 1. The minimum atomic E-state index is -0.0107. The van der Waals surface area contributed by atoms with E-state index in [9.17, 15) is 4.79 Å². The predicted molar refractivity (Wildman–Crippen MR) is 82.6 cm³/mol. The highest BCUT2D eigenvalue weighted by Crippen LogP contribution is 2.38. The zero-order valence-electron chi connectivity index (χ0n) is 13.5. The lowest BCUT2D eigenvalue weighted by Gasteiger charge is -2.34. The molecule has 1 aliphatic rings. The number of carbonyl (C=O) groups is 1. The molecule has 1 atom stereocenters. The van der Waals surface area contributed by atoms with Gasteiger partial charge in [0.15, 0.2) is 5.78 Å². The Kier molecular flexibility index (Phi) is 3.70. The van der Waals surface area contributed by atoms with E-state index >= 15 is 0 Å². The Morgan fingerprint density at radius 3 is 2.45 bits per heavy atom. The molecule has 1 heterocycles. The summed E-state index contributed by atoms with van der Waals surface area (Å²) in [5.74, 6) is 0.941. The fourth-order valence-corrected chi connectivity index (χ4v) is 3.33. The van der Waals surface area contributed by atoms with Gasteiger partial charge in [-0.15, -0.1) is 0 Å². The van der Waals surface area contributed by atoms with Gasteiger partial charge in [0.2, 0.25) is 0 Å². The van der Waals surface area contributed by atoms with Crippen LogP contribution in [-0.4, -0.2) is 11.9 Å². The molecule has 0 aromatic heterocycles. The first-order valence-corrected chi connectivity index (χ1v) is 7.43. The smallest absolute Gasteiger partial charge is 0.170 e. The molecule has 1 unspecified atom stereocenters. The second kappa shape index (κ2) is 4.91. The average Bonchev–Trinajstić information content (AvgIpc) is 2.24. The second-order valence-corrected chi connectivity index (χ2v) is 7.89. The molecule has 2 heteroatoms. The molecule has 2 rings (SSSR count). The van der Waals surface area contributed by atoms with E-state index in [0.29, 0.717) is 6.42 Å². The normalized spacial score (nSPS) is 19.5. The van der Waals surface area contributed by atoms with E-state index in [2.05, 4.69) is 40.7 Å². The number of ether oxygens (including phenoxy) is 1. The summed E-state index contributed by atoms with van der Waals surface area (Å²) in [7, 11) is 0. The average molecular weight is 274 g/mol. The molecule has 0 amide bonds. The number of rotatable bonds is 2. The van der Waals surface area contributed by atoms with Crippen molar-refractivity contribution in [1.29, 1.82) is 0 Å². The van der Waals surface area contributed by atoms with Crippen molar-refractivity contribution in [2.24, 2.45) is 5.41 Å². The minimum absolute atomic E-state index is 0.0107. The number of ketones is 1. The van der Waals surface area contributed by atoms with E-state index in [0.717, 1.165) is 17.7 Å². The van der Waals surface area contributed by atoms with Crippen LogP contribution in [-0.2, 0) is 5.41 Å². The van der Waals surface area contributed by atoms with E-state index in [1.165, 1.54) is 5.56 Å². The second-order valence-electron chi connectivity index (χ2n) is 7.89. The summed E-state index contributed by atoms with van der Waals surface area (Å²) in [5, 5.41) is 0. The molecule has 0 fully saturated rings. The number of fused-ring (bicyclic) bond motifs is 1. The fraction of sp³-hybridized carbons (Fsp3) is 0.611. The molecule has 0 saturated heterocycles. The molecule has 0 bridgehead atoms. The SMILES string of the molecule is CC1CC(=O)c2cc(C(C)(C)CC(C)(C)C)ccc2O1. The lowest BCUT2D eigenvalue weighted by molar-refractivity contribution is 0.0870. The van der Waals surface area contributed by atoms with Crippen LogP contribution in [0.25, 0.3) is 0 Å². The van der Waals surface area contributed by atoms with Crippen molar-refractivity contribution < 1.29 is 9.53 Å². The molecule has 0 saturated carbocycles. The summed E-state index contributed by atoms with van der Waals surface area (Å²) in [6.07, 6.45) is 1.55. The first kappa shape index (κ1) is 15.1. The highest BCUT2D eigenvalue weighted by Gasteiger charge is 2.30. The van der Waals surface area contributed by atoms with E-state index in [-0.39, 0.29) is 22.7 Å². The molecule has 1 aliphatic heterocycles. The topological polar surface area (TPSA) is 26.3 Å². The number of hydrogen-bond donors (Lipinski definition) is 0. The Balaban J connectivity index is 2.36. The molecule has 0 radical (unpaired) electrons. The van der Waals surface area contributed by atoms with Crippen molar-refractivity contribution in [1.82, 2.24) is 0 Å². The standard InChI is InChI=1S/C18H26O2/c1-12-9-15(19)14-10-13(7-8-16(14)20-12)18(5,6)11-17(2,3)4/h7-8,10,12H,9,11H2,1-6H3. The van der Waals surface area contributed by atoms with Gasteiger partial charge in [-0.05, 0) is 41.9 Å². The maximum absolute atomic E-state index is 12.2. The van der Waals surface area contributed by atoms with E-state index in [1.54, 1.807) is 0 Å². The van der Waals surface area contributed by atoms with E-state index < -0.39 is 0 Å². The van der Waals surface area contributed by atoms with Gasteiger partial charge in [0.1, 0.15) is 11.9 Å². The Bertz CT molecular complexity index is 521. The van der Waals surface area contributed by atoms with Crippen molar-refractivity contribution >= 4 is 5.78 Å². The predicted octanol–water partition coefficient (Wildman–Crippen LogP) is 4.75. The van der Waals surface area contributed by atoms with Crippen molar-refractivity contribution in [3.8, 4) is 5.75 Å². The molecule has 0 aliphatic carbocycles. The lowest BCUT2D eigenvalue weighted by atomic mass is 9.72. The maximum Gasteiger partial charge on any atom is 0.170 e. The van der Waals surface area contributed by atoms with Gasteiger partial charge in [-0.3, -0.25) is 4.79 Å². The van der Waals surface area contributed by atoms with Crippen LogP contribution in [0.4, 0.5) is 0 Å².